The molecule has 0 aliphatic rings. The molecule has 1 unspecified atom stereocenters. The lowest BCUT2D eigenvalue weighted by Gasteiger charge is -2.15. The Balaban J connectivity index is 2.56. The minimum atomic E-state index is -2.92. The van der Waals surface area contributed by atoms with Gasteiger partial charge in [0.1, 0.15) is 15.6 Å². The molecule has 0 saturated heterocycles. The highest BCUT2D eigenvalue weighted by molar-refractivity contribution is 7.90. The van der Waals surface area contributed by atoms with Crippen molar-refractivity contribution in [2.45, 2.75) is 19.3 Å². The van der Waals surface area contributed by atoms with Crippen LogP contribution in [0.5, 0.6) is 5.75 Å². The largest absolute Gasteiger partial charge is 0.496 e. The number of hydrogen-bond donors (Lipinski definition) is 1. The van der Waals surface area contributed by atoms with E-state index in [4.69, 9.17) is 4.74 Å². The predicted molar refractivity (Wildman–Crippen MR) is 76.2 cm³/mol. The number of para-hydroxylation sites is 1. The van der Waals surface area contributed by atoms with Crippen LogP contribution in [-0.4, -0.2) is 39.2 Å². The van der Waals surface area contributed by atoms with E-state index in [1.54, 1.807) is 7.11 Å². The van der Waals surface area contributed by atoms with Crippen molar-refractivity contribution >= 4 is 9.84 Å². The molecule has 0 heterocycles. The van der Waals surface area contributed by atoms with Gasteiger partial charge in [0.25, 0.3) is 0 Å². The van der Waals surface area contributed by atoms with E-state index in [0.717, 1.165) is 11.3 Å². The summed E-state index contributed by atoms with van der Waals surface area (Å²) in [7, 11) is -1.30. The third kappa shape index (κ3) is 6.07. The molecule has 5 heteroatoms. The number of hydrogen-bond acceptors (Lipinski definition) is 4. The zero-order valence-electron chi connectivity index (χ0n) is 11.5. The van der Waals surface area contributed by atoms with Crippen molar-refractivity contribution in [3.63, 3.8) is 0 Å². The van der Waals surface area contributed by atoms with Crippen LogP contribution in [0, 0.1) is 5.92 Å². The van der Waals surface area contributed by atoms with Gasteiger partial charge in [-0.05, 0) is 36.8 Å². The van der Waals surface area contributed by atoms with E-state index >= 15 is 0 Å². The lowest BCUT2D eigenvalue weighted by atomic mass is 9.95. The SMILES string of the molecule is COc1ccccc1CC(CO)CCCS(C)(=O)=O. The van der Waals surface area contributed by atoms with Gasteiger partial charge in [-0.3, -0.25) is 0 Å². The molecule has 1 rings (SSSR count). The number of sulfone groups is 1. The molecule has 0 fully saturated rings. The van der Waals surface area contributed by atoms with E-state index in [9.17, 15) is 13.5 Å². The summed E-state index contributed by atoms with van der Waals surface area (Å²) in [6, 6.07) is 7.70. The molecule has 0 radical (unpaired) electrons. The van der Waals surface area contributed by atoms with E-state index in [-0.39, 0.29) is 18.3 Å². The van der Waals surface area contributed by atoms with E-state index in [2.05, 4.69) is 0 Å². The first-order valence-corrected chi connectivity index (χ1v) is 8.43. The molecule has 0 aliphatic heterocycles. The van der Waals surface area contributed by atoms with Gasteiger partial charge in [-0.2, -0.15) is 0 Å². The van der Waals surface area contributed by atoms with Crippen LogP contribution >= 0.6 is 0 Å². The first-order chi connectivity index (χ1) is 8.96. The summed E-state index contributed by atoms with van der Waals surface area (Å²) >= 11 is 0. The maximum absolute atomic E-state index is 11.1. The zero-order chi connectivity index (χ0) is 14.3. The molecule has 0 bridgehead atoms. The third-order valence-corrected chi connectivity index (χ3v) is 4.12. The van der Waals surface area contributed by atoms with Crippen LogP contribution in [-0.2, 0) is 16.3 Å². The molecule has 1 aromatic carbocycles. The summed E-state index contributed by atoms with van der Waals surface area (Å²) in [4.78, 5) is 0. The number of aliphatic hydroxyl groups is 1. The van der Waals surface area contributed by atoms with Gasteiger partial charge in [0.15, 0.2) is 0 Å². The van der Waals surface area contributed by atoms with E-state index in [1.165, 1.54) is 6.26 Å². The standard InChI is InChI=1S/C14H22O4S/c1-18-14-8-4-3-7-13(14)10-12(11-15)6-5-9-19(2,16)17/h3-4,7-8,12,15H,5-6,9-11H2,1-2H3. The maximum atomic E-state index is 11.1. The molecular formula is C14H22O4S. The predicted octanol–water partition coefficient (Wildman–Crippen LogP) is 1.67. The summed E-state index contributed by atoms with van der Waals surface area (Å²) in [5.74, 6) is 1.05. The van der Waals surface area contributed by atoms with Crippen molar-refractivity contribution in [1.82, 2.24) is 0 Å². The summed E-state index contributed by atoms with van der Waals surface area (Å²) < 4.78 is 27.4. The molecule has 19 heavy (non-hydrogen) atoms. The molecule has 0 amide bonds. The number of rotatable bonds is 8. The van der Waals surface area contributed by atoms with Gasteiger partial charge in [0.05, 0.1) is 7.11 Å². The molecule has 108 valence electrons. The summed E-state index contributed by atoms with van der Waals surface area (Å²) in [6.07, 6.45) is 3.21. The first-order valence-electron chi connectivity index (χ1n) is 6.36. The second kappa shape index (κ2) is 7.50. The second-order valence-corrected chi connectivity index (χ2v) is 7.10. The van der Waals surface area contributed by atoms with Crippen LogP contribution in [0.3, 0.4) is 0 Å². The van der Waals surface area contributed by atoms with Crippen molar-refractivity contribution in [1.29, 1.82) is 0 Å². The number of benzene rings is 1. The van der Waals surface area contributed by atoms with Gasteiger partial charge in [-0.25, -0.2) is 8.42 Å². The lowest BCUT2D eigenvalue weighted by Crippen LogP contribution is -2.13. The first kappa shape index (κ1) is 16.0. The second-order valence-electron chi connectivity index (χ2n) is 4.84. The van der Waals surface area contributed by atoms with Crippen LogP contribution in [0.15, 0.2) is 24.3 Å². The Kier molecular flexibility index (Phi) is 6.31. The summed E-state index contributed by atoms with van der Waals surface area (Å²) in [6.45, 7) is 0.0574. The fraction of sp³-hybridized carbons (Fsp3) is 0.571. The van der Waals surface area contributed by atoms with Crippen LogP contribution < -0.4 is 4.74 Å². The molecule has 0 spiro atoms. The van der Waals surface area contributed by atoms with Crippen LogP contribution in [0.25, 0.3) is 0 Å². The Morgan fingerprint density at radius 3 is 2.58 bits per heavy atom. The van der Waals surface area contributed by atoms with Crippen molar-refractivity contribution < 1.29 is 18.3 Å². The average Bonchev–Trinajstić information content (AvgIpc) is 2.36. The minimum absolute atomic E-state index is 0.0574. The van der Waals surface area contributed by atoms with E-state index < -0.39 is 9.84 Å². The van der Waals surface area contributed by atoms with Crippen molar-refractivity contribution in [2.75, 3.05) is 25.7 Å². The molecule has 0 saturated carbocycles. The number of aliphatic hydroxyl groups excluding tert-OH is 1. The van der Waals surface area contributed by atoms with Crippen molar-refractivity contribution in [3.05, 3.63) is 29.8 Å². The van der Waals surface area contributed by atoms with Crippen LogP contribution in [0.2, 0.25) is 0 Å². The van der Waals surface area contributed by atoms with Gasteiger partial charge >= 0.3 is 0 Å². The van der Waals surface area contributed by atoms with Gasteiger partial charge in [0, 0.05) is 18.6 Å². The van der Waals surface area contributed by atoms with Crippen molar-refractivity contribution in [2.24, 2.45) is 5.92 Å². The number of ether oxygens (including phenoxy) is 1. The number of methoxy groups -OCH3 is 1. The molecular weight excluding hydrogens is 264 g/mol. The quantitative estimate of drug-likeness (QED) is 0.789. The highest BCUT2D eigenvalue weighted by Gasteiger charge is 2.13. The third-order valence-electron chi connectivity index (χ3n) is 3.09. The Morgan fingerprint density at radius 1 is 1.32 bits per heavy atom. The lowest BCUT2D eigenvalue weighted by molar-refractivity contribution is 0.216. The van der Waals surface area contributed by atoms with Crippen LogP contribution in [0.1, 0.15) is 18.4 Å². The highest BCUT2D eigenvalue weighted by atomic mass is 32.2. The Hall–Kier alpha value is -1.07. The van der Waals surface area contributed by atoms with E-state index in [1.807, 2.05) is 24.3 Å². The Bertz CT molecular complexity index is 482. The summed E-state index contributed by atoms with van der Waals surface area (Å²) in [5, 5.41) is 9.39. The Morgan fingerprint density at radius 2 is 2.00 bits per heavy atom. The highest BCUT2D eigenvalue weighted by Crippen LogP contribution is 2.22. The summed E-state index contributed by atoms with van der Waals surface area (Å²) in [5.41, 5.74) is 1.04. The molecule has 0 aliphatic carbocycles. The molecule has 0 aromatic heterocycles. The minimum Gasteiger partial charge on any atom is -0.496 e. The molecule has 1 N–H and O–H groups in total. The van der Waals surface area contributed by atoms with Crippen LogP contribution in [0.4, 0.5) is 0 Å². The molecule has 4 nitrogen and oxygen atoms in total. The smallest absolute Gasteiger partial charge is 0.147 e. The van der Waals surface area contributed by atoms with Gasteiger partial charge in [0.2, 0.25) is 0 Å². The fourth-order valence-corrected chi connectivity index (χ4v) is 2.77. The maximum Gasteiger partial charge on any atom is 0.147 e. The Labute approximate surface area is 115 Å². The molecule has 1 atom stereocenters. The monoisotopic (exact) mass is 286 g/mol. The van der Waals surface area contributed by atoms with Gasteiger partial charge < -0.3 is 9.84 Å². The topological polar surface area (TPSA) is 63.6 Å². The fourth-order valence-electron chi connectivity index (χ4n) is 2.07. The zero-order valence-corrected chi connectivity index (χ0v) is 12.3. The normalized spacial score (nSPS) is 13.2. The molecule has 1 aromatic rings. The van der Waals surface area contributed by atoms with Gasteiger partial charge in [-0.1, -0.05) is 18.2 Å². The van der Waals surface area contributed by atoms with E-state index in [0.29, 0.717) is 19.3 Å². The van der Waals surface area contributed by atoms with Gasteiger partial charge in [-0.15, -0.1) is 0 Å². The average molecular weight is 286 g/mol. The van der Waals surface area contributed by atoms with Crippen molar-refractivity contribution in [3.8, 4) is 5.75 Å².